The number of benzene rings is 3. The monoisotopic (exact) mass is 541 g/mol. The molecule has 1 atom stereocenters. The second kappa shape index (κ2) is 11.5. The van der Waals surface area contributed by atoms with Gasteiger partial charge in [0.25, 0.3) is 5.91 Å². The molecule has 206 valence electrons. The molecule has 0 bridgehead atoms. The van der Waals surface area contributed by atoms with Gasteiger partial charge in [0, 0.05) is 28.0 Å². The highest BCUT2D eigenvalue weighted by molar-refractivity contribution is 6.07. The first-order valence-corrected chi connectivity index (χ1v) is 12.8. The third kappa shape index (κ3) is 5.11. The molecule has 0 spiro atoms. The van der Waals surface area contributed by atoms with E-state index >= 15 is 0 Å². The Morgan fingerprint density at radius 1 is 0.925 bits per heavy atom. The predicted octanol–water partition coefficient (Wildman–Crippen LogP) is 4.75. The summed E-state index contributed by atoms with van der Waals surface area (Å²) < 4.78 is 21.9. The van der Waals surface area contributed by atoms with Crippen molar-refractivity contribution in [3.8, 4) is 34.3 Å². The fourth-order valence-electron chi connectivity index (χ4n) is 4.89. The number of aromatic amines is 1. The number of para-hydroxylation sites is 1. The Morgan fingerprint density at radius 3 is 2.35 bits per heavy atom. The molecule has 0 aliphatic carbocycles. The number of aliphatic hydroxyl groups excluding tert-OH is 1. The maximum Gasteiger partial charge on any atom is 0.252 e. The summed E-state index contributed by atoms with van der Waals surface area (Å²) in [7, 11) is 6.20. The second-order valence-corrected chi connectivity index (χ2v) is 9.27. The number of carbonyl (C=O) groups is 1. The van der Waals surface area contributed by atoms with Crippen molar-refractivity contribution in [3.05, 3.63) is 78.0 Å². The lowest BCUT2D eigenvalue weighted by Gasteiger charge is -2.18. The van der Waals surface area contributed by atoms with Crippen molar-refractivity contribution < 1.29 is 28.8 Å². The third-order valence-corrected chi connectivity index (χ3v) is 6.92. The van der Waals surface area contributed by atoms with Crippen LogP contribution >= 0.6 is 0 Å². The minimum absolute atomic E-state index is 0.225. The molecule has 2 aromatic heterocycles. The van der Waals surface area contributed by atoms with Crippen LogP contribution in [0.25, 0.3) is 33.1 Å². The zero-order valence-electron chi connectivity index (χ0n) is 22.8. The van der Waals surface area contributed by atoms with Gasteiger partial charge in [-0.05, 0) is 54.4 Å². The highest BCUT2D eigenvalue weighted by Crippen LogP contribution is 2.41. The molecule has 0 aliphatic heterocycles. The van der Waals surface area contributed by atoms with Crippen LogP contribution in [0.4, 0.5) is 0 Å². The van der Waals surface area contributed by atoms with Gasteiger partial charge in [0.05, 0.1) is 57.9 Å². The van der Waals surface area contributed by atoms with Gasteiger partial charge in [-0.2, -0.15) is 0 Å². The molecule has 0 fully saturated rings. The number of aromatic nitrogens is 2. The standard InChI is InChI=1S/C31H31N3O6/c1-37-21-9-10-26-23(14-21)24(15-27(34-26)18-12-28(38-2)30(40-4)29(13-18)39-3)31(36)33-20(17-35)11-19-16-32-25-8-6-5-7-22(19)25/h5-10,12-16,20,32,35H,11,17H2,1-4H3,(H,33,36)/t20-/m1/s1. The SMILES string of the molecule is COc1ccc2nc(-c3cc(OC)c(OC)c(OC)c3)cc(C(=O)N[C@@H](CO)Cc3c[nH]c4ccccc34)c2c1. The van der Waals surface area contributed by atoms with Crippen molar-refractivity contribution >= 4 is 27.7 Å². The Morgan fingerprint density at radius 2 is 1.68 bits per heavy atom. The molecule has 2 heterocycles. The summed E-state index contributed by atoms with van der Waals surface area (Å²) in [5, 5.41) is 14.9. The Bertz CT molecular complexity index is 1650. The summed E-state index contributed by atoms with van der Waals surface area (Å²) in [6.45, 7) is -0.225. The average molecular weight is 542 g/mol. The topological polar surface area (TPSA) is 115 Å². The Kier molecular flexibility index (Phi) is 7.75. The molecule has 0 saturated heterocycles. The van der Waals surface area contributed by atoms with E-state index in [0.29, 0.717) is 57.1 Å². The van der Waals surface area contributed by atoms with Crippen LogP contribution in [0.2, 0.25) is 0 Å². The van der Waals surface area contributed by atoms with E-state index < -0.39 is 6.04 Å². The van der Waals surface area contributed by atoms with Gasteiger partial charge in [-0.15, -0.1) is 0 Å². The van der Waals surface area contributed by atoms with Crippen molar-refractivity contribution in [1.82, 2.24) is 15.3 Å². The lowest BCUT2D eigenvalue weighted by atomic mass is 10.0. The van der Waals surface area contributed by atoms with Crippen LogP contribution in [-0.4, -0.2) is 62.1 Å². The second-order valence-electron chi connectivity index (χ2n) is 9.27. The molecule has 5 rings (SSSR count). The van der Waals surface area contributed by atoms with E-state index in [9.17, 15) is 9.90 Å². The molecule has 3 aromatic carbocycles. The average Bonchev–Trinajstić information content (AvgIpc) is 3.41. The van der Waals surface area contributed by atoms with Gasteiger partial charge in [-0.25, -0.2) is 4.98 Å². The van der Waals surface area contributed by atoms with E-state index in [2.05, 4.69) is 10.3 Å². The first kappa shape index (κ1) is 26.8. The van der Waals surface area contributed by atoms with Crippen LogP contribution in [0.3, 0.4) is 0 Å². The molecule has 9 nitrogen and oxygen atoms in total. The number of rotatable bonds is 10. The molecule has 40 heavy (non-hydrogen) atoms. The fraction of sp³-hybridized carbons (Fsp3) is 0.226. The van der Waals surface area contributed by atoms with E-state index in [1.165, 1.54) is 7.11 Å². The van der Waals surface area contributed by atoms with Crippen molar-refractivity contribution in [1.29, 1.82) is 0 Å². The number of aliphatic hydroxyl groups is 1. The summed E-state index contributed by atoms with van der Waals surface area (Å²) in [5.41, 5.74) is 4.23. The quantitative estimate of drug-likeness (QED) is 0.234. The van der Waals surface area contributed by atoms with E-state index in [-0.39, 0.29) is 12.5 Å². The summed E-state index contributed by atoms with van der Waals surface area (Å²) in [6.07, 6.45) is 2.37. The lowest BCUT2D eigenvalue weighted by molar-refractivity contribution is 0.0918. The Balaban J connectivity index is 1.55. The molecule has 0 unspecified atom stereocenters. The van der Waals surface area contributed by atoms with Crippen molar-refractivity contribution in [2.24, 2.45) is 0 Å². The van der Waals surface area contributed by atoms with Gasteiger partial charge >= 0.3 is 0 Å². The van der Waals surface area contributed by atoms with Crippen molar-refractivity contribution in [2.75, 3.05) is 35.0 Å². The molecule has 0 radical (unpaired) electrons. The predicted molar refractivity (Wildman–Crippen MR) is 154 cm³/mol. The summed E-state index contributed by atoms with van der Waals surface area (Å²) >= 11 is 0. The molecule has 5 aromatic rings. The molecular weight excluding hydrogens is 510 g/mol. The third-order valence-electron chi connectivity index (χ3n) is 6.92. The van der Waals surface area contributed by atoms with Gasteiger partial charge in [0.1, 0.15) is 5.75 Å². The number of hydrogen-bond donors (Lipinski definition) is 3. The van der Waals surface area contributed by atoms with Gasteiger partial charge in [0.15, 0.2) is 11.5 Å². The first-order valence-electron chi connectivity index (χ1n) is 12.8. The number of ether oxygens (including phenoxy) is 4. The first-order chi connectivity index (χ1) is 19.5. The van der Waals surface area contributed by atoms with Crippen LogP contribution in [0.15, 0.2) is 66.9 Å². The lowest BCUT2D eigenvalue weighted by Crippen LogP contribution is -2.39. The number of H-pyrrole nitrogens is 1. The highest BCUT2D eigenvalue weighted by atomic mass is 16.5. The summed E-state index contributed by atoms with van der Waals surface area (Å²) in [6, 6.07) is 18.1. The van der Waals surface area contributed by atoms with E-state index in [1.807, 2.05) is 36.5 Å². The fourth-order valence-corrected chi connectivity index (χ4v) is 4.89. The molecule has 1 amide bonds. The van der Waals surface area contributed by atoms with Crippen molar-refractivity contribution in [3.63, 3.8) is 0 Å². The minimum atomic E-state index is -0.509. The van der Waals surface area contributed by atoms with E-state index in [4.69, 9.17) is 23.9 Å². The van der Waals surface area contributed by atoms with Gasteiger partial charge in [0.2, 0.25) is 5.75 Å². The van der Waals surface area contributed by atoms with E-state index in [0.717, 1.165) is 16.5 Å². The van der Waals surface area contributed by atoms with Gasteiger partial charge < -0.3 is 34.4 Å². The van der Waals surface area contributed by atoms with Crippen LogP contribution < -0.4 is 24.3 Å². The van der Waals surface area contributed by atoms with Crippen LogP contribution in [-0.2, 0) is 6.42 Å². The number of amides is 1. The molecule has 0 aliphatic rings. The highest BCUT2D eigenvalue weighted by Gasteiger charge is 2.21. The zero-order valence-corrected chi connectivity index (χ0v) is 22.8. The summed E-state index contributed by atoms with van der Waals surface area (Å²) in [5.74, 6) is 1.66. The number of methoxy groups -OCH3 is 4. The van der Waals surface area contributed by atoms with Gasteiger partial charge in [-0.3, -0.25) is 4.79 Å². The normalized spacial score (nSPS) is 11.8. The smallest absolute Gasteiger partial charge is 0.252 e. The number of pyridine rings is 1. The molecular formula is C31H31N3O6. The largest absolute Gasteiger partial charge is 0.497 e. The minimum Gasteiger partial charge on any atom is -0.497 e. The molecule has 3 N–H and O–H groups in total. The molecule has 0 saturated carbocycles. The Labute approximate surface area is 231 Å². The maximum atomic E-state index is 13.8. The number of nitrogens with one attached hydrogen (secondary N) is 2. The van der Waals surface area contributed by atoms with E-state index in [1.54, 1.807) is 51.7 Å². The summed E-state index contributed by atoms with van der Waals surface area (Å²) in [4.78, 5) is 21.9. The zero-order chi connectivity index (χ0) is 28.2. The van der Waals surface area contributed by atoms with Crippen molar-refractivity contribution in [2.45, 2.75) is 12.5 Å². The number of fused-ring (bicyclic) bond motifs is 2. The van der Waals surface area contributed by atoms with Crippen LogP contribution in [0.5, 0.6) is 23.0 Å². The number of nitrogens with zero attached hydrogens (tertiary/aromatic N) is 1. The number of carbonyl (C=O) groups excluding carboxylic acids is 1. The maximum absolute atomic E-state index is 13.8. The van der Waals surface area contributed by atoms with Crippen LogP contribution in [0.1, 0.15) is 15.9 Å². The van der Waals surface area contributed by atoms with Crippen LogP contribution in [0, 0.1) is 0 Å². The number of hydrogen-bond acceptors (Lipinski definition) is 7. The molecule has 9 heteroatoms. The van der Waals surface area contributed by atoms with Gasteiger partial charge in [-0.1, -0.05) is 18.2 Å². The Hall–Kier alpha value is -4.76.